The molecule has 5 rings (SSSR count). The van der Waals surface area contributed by atoms with Gasteiger partial charge in [-0.2, -0.15) is 4.31 Å². The fourth-order valence-corrected chi connectivity index (χ4v) is 6.83. The second-order valence-corrected chi connectivity index (χ2v) is 11.9. The van der Waals surface area contributed by atoms with Crippen LogP contribution < -0.4 is 10.2 Å². The number of hydrogen-bond acceptors (Lipinski definition) is 6. The van der Waals surface area contributed by atoms with Crippen LogP contribution in [-0.4, -0.2) is 69.6 Å². The molecule has 1 N–H and O–H groups in total. The van der Waals surface area contributed by atoms with Crippen LogP contribution in [0.2, 0.25) is 0 Å². The summed E-state index contributed by atoms with van der Waals surface area (Å²) in [5.41, 5.74) is 2.23. The van der Waals surface area contributed by atoms with Gasteiger partial charge in [0, 0.05) is 38.1 Å². The monoisotopic (exact) mass is 512 g/mol. The van der Waals surface area contributed by atoms with Crippen LogP contribution in [0.25, 0.3) is 10.9 Å². The number of ether oxygens (including phenoxy) is 1. The number of amides is 1. The van der Waals surface area contributed by atoms with Crippen LogP contribution in [-0.2, 0) is 19.6 Å². The first kappa shape index (κ1) is 25.2. The van der Waals surface area contributed by atoms with Crippen molar-refractivity contribution in [2.45, 2.75) is 49.8 Å². The number of pyridine rings is 1. The molecule has 0 radical (unpaired) electrons. The molecular formula is C27H36N4O4S. The Morgan fingerprint density at radius 2 is 1.94 bits per heavy atom. The van der Waals surface area contributed by atoms with Gasteiger partial charge in [-0.3, -0.25) is 4.79 Å². The number of carbonyl (C=O) groups is 1. The second kappa shape index (κ2) is 11.3. The lowest BCUT2D eigenvalue weighted by Gasteiger charge is -2.33. The summed E-state index contributed by atoms with van der Waals surface area (Å²) in [4.78, 5) is 20.1. The average molecular weight is 513 g/mol. The number of hydrogen-bond donors (Lipinski definition) is 1. The highest BCUT2D eigenvalue weighted by molar-refractivity contribution is 7.89. The lowest BCUT2D eigenvalue weighted by atomic mass is 9.96. The number of piperidine rings is 1. The molecule has 2 saturated heterocycles. The number of nitrogens with one attached hydrogen (secondary N) is 1. The Morgan fingerprint density at radius 3 is 2.75 bits per heavy atom. The van der Waals surface area contributed by atoms with Crippen LogP contribution in [0.4, 0.5) is 5.82 Å². The van der Waals surface area contributed by atoms with Crippen molar-refractivity contribution in [2.75, 3.05) is 50.8 Å². The van der Waals surface area contributed by atoms with Crippen molar-refractivity contribution in [1.82, 2.24) is 14.6 Å². The van der Waals surface area contributed by atoms with Crippen molar-refractivity contribution < 1.29 is 17.9 Å². The minimum Gasteiger partial charge on any atom is -0.379 e. The summed E-state index contributed by atoms with van der Waals surface area (Å²) in [6.45, 7) is 3.81. The van der Waals surface area contributed by atoms with Gasteiger partial charge < -0.3 is 15.0 Å². The molecular weight excluding hydrogens is 476 g/mol. The highest BCUT2D eigenvalue weighted by atomic mass is 32.2. The first-order chi connectivity index (χ1) is 17.5. The molecule has 1 aromatic carbocycles. The largest absolute Gasteiger partial charge is 0.379 e. The zero-order chi connectivity index (χ0) is 25.0. The van der Waals surface area contributed by atoms with Crippen LogP contribution in [0.5, 0.6) is 0 Å². The van der Waals surface area contributed by atoms with E-state index in [0.29, 0.717) is 39.4 Å². The van der Waals surface area contributed by atoms with Crippen LogP contribution in [0.15, 0.2) is 46.9 Å². The maximum Gasteiger partial charge on any atom is 0.243 e. The van der Waals surface area contributed by atoms with E-state index in [2.05, 4.69) is 16.3 Å². The Labute approximate surface area is 213 Å². The van der Waals surface area contributed by atoms with Gasteiger partial charge in [0.1, 0.15) is 5.82 Å². The van der Waals surface area contributed by atoms with E-state index in [4.69, 9.17) is 9.72 Å². The third kappa shape index (κ3) is 5.74. The van der Waals surface area contributed by atoms with Gasteiger partial charge in [-0.25, -0.2) is 13.4 Å². The Balaban J connectivity index is 1.22. The van der Waals surface area contributed by atoms with E-state index in [-0.39, 0.29) is 16.7 Å². The molecule has 36 heavy (non-hydrogen) atoms. The molecule has 0 saturated carbocycles. The molecule has 0 spiro atoms. The number of nitrogens with zero attached hydrogens (tertiary/aromatic N) is 3. The van der Waals surface area contributed by atoms with E-state index in [1.807, 2.05) is 12.1 Å². The van der Waals surface area contributed by atoms with Crippen LogP contribution in [0, 0.1) is 5.92 Å². The molecule has 3 heterocycles. The first-order valence-electron chi connectivity index (χ1n) is 13.2. The average Bonchev–Trinajstić information content (AvgIpc) is 2.93. The second-order valence-electron chi connectivity index (χ2n) is 9.97. The molecule has 1 aliphatic carbocycles. The Morgan fingerprint density at radius 1 is 1.08 bits per heavy atom. The fraction of sp³-hybridized carbons (Fsp3) is 0.556. The third-order valence-corrected chi connectivity index (χ3v) is 9.39. The molecule has 1 aromatic heterocycles. The maximum atomic E-state index is 13.0. The van der Waals surface area contributed by atoms with Gasteiger partial charge in [0.25, 0.3) is 0 Å². The summed E-state index contributed by atoms with van der Waals surface area (Å²) in [6, 6.07) is 8.98. The van der Waals surface area contributed by atoms with Gasteiger partial charge >= 0.3 is 0 Å². The fourth-order valence-electron chi connectivity index (χ4n) is 5.39. The number of aromatic nitrogens is 1. The number of anilines is 1. The summed E-state index contributed by atoms with van der Waals surface area (Å²) < 4.78 is 32.8. The van der Waals surface area contributed by atoms with E-state index < -0.39 is 10.0 Å². The summed E-state index contributed by atoms with van der Waals surface area (Å²) in [5, 5.41) is 3.94. The summed E-state index contributed by atoms with van der Waals surface area (Å²) in [6.07, 6.45) is 10.0. The number of allylic oxidation sites excluding steroid dienone is 1. The highest BCUT2D eigenvalue weighted by Crippen LogP contribution is 2.27. The topological polar surface area (TPSA) is 91.8 Å². The molecule has 8 nitrogen and oxygen atoms in total. The molecule has 9 heteroatoms. The Hall–Kier alpha value is -2.49. The first-order valence-corrected chi connectivity index (χ1v) is 14.6. The van der Waals surface area contributed by atoms with Crippen molar-refractivity contribution in [3.63, 3.8) is 0 Å². The lowest BCUT2D eigenvalue weighted by molar-refractivity contribution is -0.125. The van der Waals surface area contributed by atoms with Crippen LogP contribution in [0.3, 0.4) is 0 Å². The van der Waals surface area contributed by atoms with E-state index in [0.717, 1.165) is 42.5 Å². The molecule has 2 aliphatic heterocycles. The van der Waals surface area contributed by atoms with E-state index in [1.165, 1.54) is 35.6 Å². The maximum absolute atomic E-state index is 13.0. The molecule has 2 fully saturated rings. The molecule has 0 unspecified atom stereocenters. The van der Waals surface area contributed by atoms with Crippen LogP contribution >= 0.6 is 0 Å². The smallest absolute Gasteiger partial charge is 0.243 e. The van der Waals surface area contributed by atoms with Crippen LogP contribution in [0.1, 0.15) is 44.9 Å². The summed E-state index contributed by atoms with van der Waals surface area (Å²) >= 11 is 0. The number of carbonyl (C=O) groups excluding carboxylic acids is 1. The van der Waals surface area contributed by atoms with Gasteiger partial charge in [-0.1, -0.05) is 11.6 Å². The lowest BCUT2D eigenvalue weighted by Crippen LogP contribution is -2.43. The third-order valence-electron chi connectivity index (χ3n) is 7.50. The van der Waals surface area contributed by atoms with Gasteiger partial charge in [-0.05, 0) is 75.3 Å². The number of sulfonamides is 1. The van der Waals surface area contributed by atoms with Gasteiger partial charge in [0.15, 0.2) is 0 Å². The molecule has 1 atom stereocenters. The zero-order valence-electron chi connectivity index (χ0n) is 20.8. The molecule has 3 aliphatic rings. The zero-order valence-corrected chi connectivity index (χ0v) is 21.6. The van der Waals surface area contributed by atoms with Gasteiger partial charge in [-0.15, -0.1) is 0 Å². The highest BCUT2D eigenvalue weighted by Gasteiger charge is 2.28. The van der Waals surface area contributed by atoms with E-state index in [9.17, 15) is 13.2 Å². The minimum absolute atomic E-state index is 0.0439. The summed E-state index contributed by atoms with van der Waals surface area (Å²) in [5.74, 6) is 0.920. The normalized spacial score (nSPS) is 21.8. The quantitative estimate of drug-likeness (QED) is 0.571. The molecule has 194 valence electrons. The molecule has 1 amide bonds. The van der Waals surface area contributed by atoms with Crippen molar-refractivity contribution in [3.8, 4) is 0 Å². The minimum atomic E-state index is -3.55. The van der Waals surface area contributed by atoms with Gasteiger partial charge in [0.05, 0.1) is 29.5 Å². The number of fused-ring (bicyclic) bond motifs is 1. The Bertz CT molecular complexity index is 1220. The predicted molar refractivity (Wildman–Crippen MR) is 140 cm³/mol. The number of morpholine rings is 1. The van der Waals surface area contributed by atoms with Crippen molar-refractivity contribution in [2.24, 2.45) is 5.92 Å². The summed E-state index contributed by atoms with van der Waals surface area (Å²) in [7, 11) is -3.55. The van der Waals surface area contributed by atoms with Crippen molar-refractivity contribution in [3.05, 3.63) is 42.0 Å². The number of rotatable bonds is 7. The van der Waals surface area contributed by atoms with E-state index >= 15 is 0 Å². The standard InChI is InChI=1S/C27H36N4O4S/c32-27(28-13-12-21-5-2-1-3-6-21)23-7-4-14-30(20-23)26-11-8-22-19-24(9-10-25(22)29-26)36(33,34)31-15-17-35-18-16-31/h5,8-11,19,23H,1-4,6-7,12-18,20H2,(H,28,32)/t23-/m1/s1. The predicted octanol–water partition coefficient (Wildman–Crippen LogP) is 3.48. The van der Waals surface area contributed by atoms with E-state index in [1.54, 1.807) is 18.2 Å². The SMILES string of the molecule is O=C(NCCC1=CCCCC1)[C@@H]1CCCN(c2ccc3cc(S(=O)(=O)N4CCOCC4)ccc3n2)C1. The number of benzene rings is 1. The Kier molecular flexibility index (Phi) is 7.88. The van der Waals surface area contributed by atoms with Crippen molar-refractivity contribution in [1.29, 1.82) is 0 Å². The molecule has 2 aromatic rings. The van der Waals surface area contributed by atoms with Crippen molar-refractivity contribution >= 4 is 32.7 Å². The molecule has 0 bridgehead atoms. The van der Waals surface area contributed by atoms with Gasteiger partial charge in [0.2, 0.25) is 15.9 Å².